The van der Waals surface area contributed by atoms with Gasteiger partial charge in [-0.1, -0.05) is 12.1 Å². The van der Waals surface area contributed by atoms with Gasteiger partial charge in [0.2, 0.25) is 11.5 Å². The van der Waals surface area contributed by atoms with Gasteiger partial charge in [-0.2, -0.15) is 0 Å². The smallest absolute Gasteiger partial charge is 0.247 e. The van der Waals surface area contributed by atoms with Crippen molar-refractivity contribution in [1.82, 2.24) is 9.97 Å². The predicted octanol–water partition coefficient (Wildman–Crippen LogP) is 3.66. The summed E-state index contributed by atoms with van der Waals surface area (Å²) in [4.78, 5) is 32.0. The zero-order valence-electron chi connectivity index (χ0n) is 17.0. The van der Waals surface area contributed by atoms with Crippen LogP contribution in [0.3, 0.4) is 0 Å². The van der Waals surface area contributed by atoms with E-state index in [1.54, 1.807) is 12.3 Å². The number of benzene rings is 1. The van der Waals surface area contributed by atoms with Crippen molar-refractivity contribution >= 4 is 11.7 Å². The number of anilines is 1. The molecule has 3 heterocycles. The predicted molar refractivity (Wildman–Crippen MR) is 115 cm³/mol. The van der Waals surface area contributed by atoms with E-state index >= 15 is 0 Å². The van der Waals surface area contributed by atoms with Crippen LogP contribution in [0.1, 0.15) is 35.1 Å². The number of hydrogen-bond donors (Lipinski definition) is 2. The fourth-order valence-corrected chi connectivity index (χ4v) is 4.13. The maximum atomic E-state index is 13.3. The number of aryl methyl sites for hydroxylation is 1. The normalized spacial score (nSPS) is 15.9. The third-order valence-electron chi connectivity index (χ3n) is 6.26. The molecule has 1 aliphatic carbocycles. The minimum atomic E-state index is -0.490. The lowest BCUT2D eigenvalue weighted by Gasteiger charge is -2.18. The molecule has 1 amide bonds. The van der Waals surface area contributed by atoms with E-state index in [2.05, 4.69) is 16.4 Å². The Morgan fingerprint density at radius 1 is 1.17 bits per heavy atom. The van der Waals surface area contributed by atoms with Gasteiger partial charge in [0.05, 0.1) is 17.7 Å². The van der Waals surface area contributed by atoms with E-state index in [1.165, 1.54) is 11.6 Å². The monoisotopic (exact) mass is 401 g/mol. The highest BCUT2D eigenvalue weighted by Gasteiger charge is 2.51. The molecule has 1 fully saturated rings. The summed E-state index contributed by atoms with van der Waals surface area (Å²) in [5, 5.41) is 3.05. The number of fused-ring (bicyclic) bond motifs is 1. The third kappa shape index (κ3) is 3.09. The van der Waals surface area contributed by atoms with E-state index in [0.29, 0.717) is 12.4 Å². The molecule has 2 N–H and O–H groups in total. The first-order valence-electron chi connectivity index (χ1n) is 10.2. The van der Waals surface area contributed by atoms with Crippen molar-refractivity contribution in [1.29, 1.82) is 0 Å². The summed E-state index contributed by atoms with van der Waals surface area (Å²) in [7, 11) is 0. The Morgan fingerprint density at radius 3 is 2.73 bits per heavy atom. The van der Waals surface area contributed by atoms with Crippen LogP contribution in [0.25, 0.3) is 11.3 Å². The average Bonchev–Trinajstić information content (AvgIpc) is 3.42. The van der Waals surface area contributed by atoms with Crippen molar-refractivity contribution in [3.05, 3.63) is 75.2 Å². The number of H-pyrrole nitrogens is 1. The lowest BCUT2D eigenvalue weighted by molar-refractivity contribution is -0.118. The number of hydrogen-bond acceptors (Lipinski definition) is 4. The third-order valence-corrected chi connectivity index (χ3v) is 6.26. The fourth-order valence-electron chi connectivity index (χ4n) is 4.13. The Balaban J connectivity index is 1.45. The molecule has 5 rings (SSSR count). The second-order valence-corrected chi connectivity index (χ2v) is 8.20. The lowest BCUT2D eigenvalue weighted by atomic mass is 9.92. The lowest BCUT2D eigenvalue weighted by Crippen LogP contribution is -2.28. The largest absolute Gasteiger partial charge is 0.493 e. The molecule has 0 bridgehead atoms. The molecule has 6 heteroatoms. The van der Waals surface area contributed by atoms with Crippen molar-refractivity contribution in [2.45, 2.75) is 38.5 Å². The minimum Gasteiger partial charge on any atom is -0.493 e. The summed E-state index contributed by atoms with van der Waals surface area (Å²) in [6.45, 7) is 4.69. The van der Waals surface area contributed by atoms with Crippen LogP contribution in [0.15, 0.2) is 47.4 Å². The van der Waals surface area contributed by atoms with Crippen LogP contribution in [0, 0.1) is 13.8 Å². The first-order valence-corrected chi connectivity index (χ1v) is 10.2. The van der Waals surface area contributed by atoms with Gasteiger partial charge in [-0.3, -0.25) is 9.59 Å². The van der Waals surface area contributed by atoms with Crippen LogP contribution in [0.5, 0.6) is 5.75 Å². The summed E-state index contributed by atoms with van der Waals surface area (Å²) in [5.74, 6) is 1.43. The van der Waals surface area contributed by atoms with Gasteiger partial charge >= 0.3 is 0 Å². The number of amides is 1. The van der Waals surface area contributed by atoms with E-state index in [4.69, 9.17) is 9.72 Å². The van der Waals surface area contributed by atoms with Crippen molar-refractivity contribution in [3.8, 4) is 17.0 Å². The van der Waals surface area contributed by atoms with Crippen LogP contribution in [-0.4, -0.2) is 22.5 Å². The van der Waals surface area contributed by atoms with Gasteiger partial charge in [-0.05, 0) is 67.1 Å². The highest BCUT2D eigenvalue weighted by molar-refractivity contribution is 6.01. The number of aromatic amines is 1. The number of pyridine rings is 2. The molecule has 0 unspecified atom stereocenters. The zero-order valence-corrected chi connectivity index (χ0v) is 17.0. The van der Waals surface area contributed by atoms with E-state index in [1.807, 2.05) is 32.0 Å². The molecule has 2 aliphatic rings. The second kappa shape index (κ2) is 6.83. The number of nitrogens with one attached hydrogen (secondary N) is 2. The number of ether oxygens (including phenoxy) is 1. The topological polar surface area (TPSA) is 84.1 Å². The van der Waals surface area contributed by atoms with Gasteiger partial charge in [0, 0.05) is 24.2 Å². The Hall–Kier alpha value is -3.41. The zero-order chi connectivity index (χ0) is 20.9. The maximum absolute atomic E-state index is 13.3. The van der Waals surface area contributed by atoms with Gasteiger partial charge in [-0.15, -0.1) is 0 Å². The van der Waals surface area contributed by atoms with Crippen molar-refractivity contribution < 1.29 is 9.53 Å². The van der Waals surface area contributed by atoms with Crippen molar-refractivity contribution in [3.63, 3.8) is 0 Å². The molecule has 1 saturated carbocycles. The first-order chi connectivity index (χ1) is 14.5. The van der Waals surface area contributed by atoms with Crippen LogP contribution in [0.4, 0.5) is 5.82 Å². The van der Waals surface area contributed by atoms with E-state index in [9.17, 15) is 9.59 Å². The number of aromatic nitrogens is 2. The summed E-state index contributed by atoms with van der Waals surface area (Å²) in [6.07, 6.45) is 4.20. The van der Waals surface area contributed by atoms with Crippen LogP contribution >= 0.6 is 0 Å². The highest BCUT2D eigenvalue weighted by atomic mass is 16.5. The SMILES string of the molecule is Cc1cc(NC(=O)C2(c3ccc4c(c3)CCO4)CC2)nc(-c2ccc(=O)[nH]c2)c1C. The number of nitrogens with zero attached hydrogens (tertiary/aromatic N) is 1. The molecule has 0 saturated heterocycles. The molecule has 0 radical (unpaired) electrons. The van der Waals surface area contributed by atoms with Crippen molar-refractivity contribution in [2.75, 3.05) is 11.9 Å². The number of carbonyl (C=O) groups is 1. The Kier molecular flexibility index (Phi) is 4.24. The molecule has 0 atom stereocenters. The Labute approximate surface area is 174 Å². The standard InChI is InChI=1S/C24H23N3O3/c1-14-11-20(26-22(15(14)2)17-3-6-21(28)25-13-17)27-23(29)24(8-9-24)18-4-5-19-16(12-18)7-10-30-19/h3-6,11-13H,7-10H2,1-2H3,(H,25,28)(H,26,27,29). The summed E-state index contributed by atoms with van der Waals surface area (Å²) in [6, 6.07) is 11.2. The Morgan fingerprint density at radius 2 is 2.00 bits per heavy atom. The molecule has 2 aromatic heterocycles. The van der Waals surface area contributed by atoms with Gasteiger partial charge in [0.15, 0.2) is 0 Å². The summed E-state index contributed by atoms with van der Waals surface area (Å²) >= 11 is 0. The minimum absolute atomic E-state index is 0.0236. The number of carbonyl (C=O) groups excluding carboxylic acids is 1. The summed E-state index contributed by atoms with van der Waals surface area (Å²) < 4.78 is 5.60. The maximum Gasteiger partial charge on any atom is 0.247 e. The fraction of sp³-hybridized carbons (Fsp3) is 0.292. The first kappa shape index (κ1) is 18.6. The molecule has 6 nitrogen and oxygen atoms in total. The Bertz CT molecular complexity index is 1200. The molecule has 0 spiro atoms. The second-order valence-electron chi connectivity index (χ2n) is 8.20. The molecule has 3 aromatic rings. The van der Waals surface area contributed by atoms with Crippen molar-refractivity contribution in [2.24, 2.45) is 0 Å². The molecule has 152 valence electrons. The van der Waals surface area contributed by atoms with Gasteiger partial charge < -0.3 is 15.0 Å². The molecule has 1 aliphatic heterocycles. The van der Waals surface area contributed by atoms with E-state index < -0.39 is 5.41 Å². The van der Waals surface area contributed by atoms with Crippen LogP contribution in [-0.2, 0) is 16.6 Å². The molecule has 30 heavy (non-hydrogen) atoms. The molecule has 1 aromatic carbocycles. The quantitative estimate of drug-likeness (QED) is 0.699. The van der Waals surface area contributed by atoms with Gasteiger partial charge in [-0.25, -0.2) is 4.98 Å². The summed E-state index contributed by atoms with van der Waals surface area (Å²) in [5.41, 5.74) is 5.18. The van der Waals surface area contributed by atoms with Gasteiger partial charge in [0.25, 0.3) is 0 Å². The van der Waals surface area contributed by atoms with E-state index in [-0.39, 0.29) is 11.5 Å². The average molecular weight is 401 g/mol. The van der Waals surface area contributed by atoms with Crippen LogP contribution in [0.2, 0.25) is 0 Å². The number of rotatable bonds is 4. The molecular weight excluding hydrogens is 378 g/mol. The van der Waals surface area contributed by atoms with Gasteiger partial charge in [0.1, 0.15) is 11.6 Å². The van der Waals surface area contributed by atoms with Crippen LogP contribution < -0.4 is 15.6 Å². The highest BCUT2D eigenvalue weighted by Crippen LogP contribution is 2.50. The van der Waals surface area contributed by atoms with E-state index in [0.717, 1.165) is 53.0 Å². The molecular formula is C24H23N3O3.